The smallest absolute Gasteiger partial charge is 0.213 e. The van der Waals surface area contributed by atoms with Gasteiger partial charge in [0.15, 0.2) is 5.82 Å². The van der Waals surface area contributed by atoms with Crippen LogP contribution in [0.3, 0.4) is 0 Å². The van der Waals surface area contributed by atoms with Crippen LogP contribution in [0, 0.1) is 0 Å². The topological polar surface area (TPSA) is 71.3 Å². The first-order valence-electron chi connectivity index (χ1n) is 19.1. The van der Waals surface area contributed by atoms with Crippen LogP contribution in [0.2, 0.25) is 0 Å². The number of amides is 1. The fourth-order valence-corrected chi connectivity index (χ4v) is 5.76. The minimum atomic E-state index is -0.522. The van der Waals surface area contributed by atoms with Gasteiger partial charge >= 0.3 is 0 Å². The molecule has 0 aliphatic rings. The summed E-state index contributed by atoms with van der Waals surface area (Å²) in [6.45, 7) is 0. The molecule has 6 nitrogen and oxygen atoms in total. The van der Waals surface area contributed by atoms with Crippen molar-refractivity contribution >= 4 is 39.7 Å². The normalized spacial score (nSPS) is 13.1. The molecule has 0 aliphatic heterocycles. The van der Waals surface area contributed by atoms with E-state index in [1.807, 2.05) is 84.9 Å². The lowest BCUT2D eigenvalue weighted by Gasteiger charge is -2.17. The summed E-state index contributed by atoms with van der Waals surface area (Å²) in [6, 6.07) is 29.5. The van der Waals surface area contributed by atoms with Crippen LogP contribution < -0.4 is 10.2 Å². The monoisotopic (exact) mass is 643 g/mol. The van der Waals surface area contributed by atoms with Gasteiger partial charge in [0, 0.05) is 41.6 Å². The fourth-order valence-electron chi connectivity index (χ4n) is 5.76. The minimum Gasteiger partial charge on any atom is -0.456 e. The van der Waals surface area contributed by atoms with Crippen LogP contribution in [-0.4, -0.2) is 30.5 Å². The summed E-state index contributed by atoms with van der Waals surface area (Å²) in [5.41, 5.74) is 4.85. The molecule has 0 bridgehead atoms. The lowest BCUT2D eigenvalue weighted by molar-refractivity contribution is -0.107. The molecule has 2 aromatic heterocycles. The Morgan fingerprint density at radius 3 is 2.02 bits per heavy atom. The Bertz CT molecular complexity index is 2830. The minimum absolute atomic E-state index is 0.0338. The molecule has 0 fully saturated rings. The largest absolute Gasteiger partial charge is 0.456 e. The Balaban J connectivity index is 1.26. The zero-order valence-electron chi connectivity index (χ0n) is 33.6. The molecule has 49 heavy (non-hydrogen) atoms. The molecule has 1 N–H and O–H groups in total. The van der Waals surface area contributed by atoms with E-state index in [2.05, 4.69) is 17.4 Å². The highest BCUT2D eigenvalue weighted by molar-refractivity contribution is 6.05. The standard InChI is InChI=1S/C43H32N4O2/c1-44-37-23-21-33(24-40(37)47(2)27-48)28-12-16-30(17-13-28)38-26-39(46-43(45-38)32-8-4-3-5-9-32)31-18-14-29(15-19-31)34-20-22-36-35-10-6-7-11-41(35)49-42(36)25-34/h3-27,44H,1-2H3/i12D,13D,16D,17D,21D,23D,24D. The molecule has 6 heteroatoms. The van der Waals surface area contributed by atoms with Gasteiger partial charge in [0.2, 0.25) is 6.41 Å². The Hall–Kier alpha value is -6.53. The van der Waals surface area contributed by atoms with Gasteiger partial charge < -0.3 is 14.6 Å². The molecule has 0 saturated heterocycles. The number of carbonyl (C=O) groups is 1. The quantitative estimate of drug-likeness (QED) is 0.167. The van der Waals surface area contributed by atoms with Crippen LogP contribution in [-0.2, 0) is 4.79 Å². The first-order valence-corrected chi connectivity index (χ1v) is 15.6. The van der Waals surface area contributed by atoms with E-state index in [0.717, 1.165) is 43.5 Å². The number of anilines is 2. The molecule has 0 atom stereocenters. The fraction of sp³-hybridized carbons (Fsp3) is 0.0465. The van der Waals surface area contributed by atoms with E-state index in [1.165, 1.54) is 14.1 Å². The number of carbonyl (C=O) groups excluding carboxylic acids is 1. The van der Waals surface area contributed by atoms with Crippen molar-refractivity contribution in [1.29, 1.82) is 0 Å². The van der Waals surface area contributed by atoms with Gasteiger partial charge in [-0.1, -0.05) is 109 Å². The summed E-state index contributed by atoms with van der Waals surface area (Å²) in [7, 11) is 2.88. The summed E-state index contributed by atoms with van der Waals surface area (Å²) < 4.78 is 69.0. The van der Waals surface area contributed by atoms with Gasteiger partial charge in [-0.05, 0) is 58.6 Å². The summed E-state index contributed by atoms with van der Waals surface area (Å²) in [6.07, 6.45) is 0.449. The molecule has 1 amide bonds. The lowest BCUT2D eigenvalue weighted by atomic mass is 9.99. The van der Waals surface area contributed by atoms with Crippen molar-refractivity contribution in [3.05, 3.63) is 145 Å². The molecule has 8 aromatic rings. The van der Waals surface area contributed by atoms with Gasteiger partial charge in [0.1, 0.15) is 11.2 Å². The number of rotatable bonds is 8. The highest BCUT2D eigenvalue weighted by Crippen LogP contribution is 2.35. The van der Waals surface area contributed by atoms with Crippen LogP contribution in [0.25, 0.3) is 78.1 Å². The van der Waals surface area contributed by atoms with Crippen molar-refractivity contribution in [3.8, 4) is 56.2 Å². The van der Waals surface area contributed by atoms with Gasteiger partial charge in [-0.15, -0.1) is 0 Å². The third-order valence-electron chi connectivity index (χ3n) is 8.34. The summed E-state index contributed by atoms with van der Waals surface area (Å²) >= 11 is 0. The molecule has 0 spiro atoms. The number of nitrogens with zero attached hydrogens (tertiary/aromatic N) is 3. The third-order valence-corrected chi connectivity index (χ3v) is 8.34. The van der Waals surface area contributed by atoms with Gasteiger partial charge in [-0.2, -0.15) is 0 Å². The number of benzene rings is 6. The second-order valence-corrected chi connectivity index (χ2v) is 11.4. The number of hydrogen-bond acceptors (Lipinski definition) is 5. The van der Waals surface area contributed by atoms with Crippen LogP contribution in [0.1, 0.15) is 9.60 Å². The molecule has 236 valence electrons. The van der Waals surface area contributed by atoms with E-state index in [4.69, 9.17) is 24.0 Å². The zero-order chi connectivity index (χ0) is 39.4. The molecule has 0 radical (unpaired) electrons. The van der Waals surface area contributed by atoms with Crippen molar-refractivity contribution in [2.45, 2.75) is 0 Å². The van der Waals surface area contributed by atoms with Crippen molar-refractivity contribution < 1.29 is 18.8 Å². The van der Waals surface area contributed by atoms with E-state index < -0.39 is 36.3 Å². The first-order chi connectivity index (χ1) is 27.0. The second kappa shape index (κ2) is 12.6. The maximum Gasteiger partial charge on any atom is 0.213 e. The number of nitrogens with one attached hydrogen (secondary N) is 1. The van der Waals surface area contributed by atoms with Gasteiger partial charge in [-0.25, -0.2) is 9.97 Å². The molecule has 0 aliphatic carbocycles. The Labute approximate surface area is 294 Å². The Morgan fingerprint density at radius 1 is 0.633 bits per heavy atom. The highest BCUT2D eigenvalue weighted by Gasteiger charge is 2.13. The number of fused-ring (bicyclic) bond motifs is 3. The van der Waals surface area contributed by atoms with Gasteiger partial charge in [0.25, 0.3) is 0 Å². The first kappa shape index (κ1) is 22.9. The average Bonchev–Trinajstić information content (AvgIpc) is 3.60. The number of furan rings is 1. The van der Waals surface area contributed by atoms with E-state index in [-0.39, 0.29) is 39.8 Å². The Morgan fingerprint density at radius 2 is 1.27 bits per heavy atom. The van der Waals surface area contributed by atoms with E-state index in [0.29, 0.717) is 23.5 Å². The predicted octanol–water partition coefficient (Wildman–Crippen LogP) is 10.3. The number of aromatic nitrogens is 2. The van der Waals surface area contributed by atoms with Crippen molar-refractivity contribution in [3.63, 3.8) is 0 Å². The second-order valence-electron chi connectivity index (χ2n) is 11.4. The van der Waals surface area contributed by atoms with Gasteiger partial charge in [-0.3, -0.25) is 4.79 Å². The number of hydrogen-bond donors (Lipinski definition) is 1. The molecule has 0 unspecified atom stereocenters. The molecule has 8 rings (SSSR count). The highest BCUT2D eigenvalue weighted by atomic mass is 16.3. The van der Waals surface area contributed by atoms with E-state index in [1.54, 1.807) is 6.07 Å². The maximum absolute atomic E-state index is 11.8. The third kappa shape index (κ3) is 5.70. The van der Waals surface area contributed by atoms with Crippen molar-refractivity contribution in [2.75, 3.05) is 24.3 Å². The van der Waals surface area contributed by atoms with Crippen molar-refractivity contribution in [2.24, 2.45) is 0 Å². The van der Waals surface area contributed by atoms with Crippen LogP contribution in [0.15, 0.2) is 150 Å². The van der Waals surface area contributed by atoms with Crippen LogP contribution in [0.4, 0.5) is 11.4 Å². The van der Waals surface area contributed by atoms with E-state index >= 15 is 0 Å². The number of para-hydroxylation sites is 1. The zero-order valence-corrected chi connectivity index (χ0v) is 26.6. The lowest BCUT2D eigenvalue weighted by Crippen LogP contribution is -2.15. The molecule has 6 aromatic carbocycles. The van der Waals surface area contributed by atoms with Crippen LogP contribution >= 0.6 is 0 Å². The van der Waals surface area contributed by atoms with Gasteiger partial charge in [0.05, 0.1) is 32.4 Å². The summed E-state index contributed by atoms with van der Waals surface area (Å²) in [4.78, 5) is 22.5. The Kier molecular flexibility index (Phi) is 5.88. The van der Waals surface area contributed by atoms with Crippen molar-refractivity contribution in [1.82, 2.24) is 9.97 Å². The molecular weight excluding hydrogens is 604 g/mol. The van der Waals surface area contributed by atoms with E-state index in [9.17, 15) is 4.79 Å². The summed E-state index contributed by atoms with van der Waals surface area (Å²) in [5, 5.41) is 4.86. The molecule has 0 saturated carbocycles. The molecular formula is C43H32N4O2. The average molecular weight is 644 g/mol. The molecule has 2 heterocycles. The summed E-state index contributed by atoms with van der Waals surface area (Å²) in [5.74, 6) is 0.309. The maximum atomic E-state index is 11.8. The predicted molar refractivity (Wildman–Crippen MR) is 201 cm³/mol. The van der Waals surface area contributed by atoms with Crippen LogP contribution in [0.5, 0.6) is 0 Å². The SMILES string of the molecule is [2H]c1c([2H])c(-c2c([2H])c([2H])c(-c3cc(-c4ccc(-c5ccc6c(c5)oc5ccccc56)cc4)nc(-c4ccccc4)n3)c([2H])c2[2H])c([2H])c(N(C)C=O)c1NC.